The predicted molar refractivity (Wildman–Crippen MR) is 68.0 cm³/mol. The van der Waals surface area contributed by atoms with Crippen molar-refractivity contribution in [3.05, 3.63) is 64.7 Å². The number of nitrogens with one attached hydrogen (secondary N) is 1. The maximum atomic E-state index is 6.16. The van der Waals surface area contributed by atoms with Gasteiger partial charge in [0.2, 0.25) is 0 Å². The molecule has 0 aliphatic carbocycles. The van der Waals surface area contributed by atoms with Crippen LogP contribution < -0.4 is 5.32 Å². The largest absolute Gasteiger partial charge is 0.376 e. The Balaban J connectivity index is 1.94. The molecule has 1 atom stereocenters. The molecule has 0 aromatic heterocycles. The van der Waals surface area contributed by atoms with Crippen molar-refractivity contribution in [1.82, 2.24) is 0 Å². The molecule has 2 aromatic rings. The molecule has 2 aromatic carbocycles. The van der Waals surface area contributed by atoms with Gasteiger partial charge < -0.3 is 5.32 Å². The molecule has 1 aliphatic heterocycles. The van der Waals surface area contributed by atoms with E-state index in [1.54, 1.807) is 0 Å². The van der Waals surface area contributed by atoms with Gasteiger partial charge in [-0.15, -0.1) is 0 Å². The summed E-state index contributed by atoms with van der Waals surface area (Å²) in [5.41, 5.74) is 3.72. The Morgan fingerprint density at radius 1 is 1.00 bits per heavy atom. The van der Waals surface area contributed by atoms with Crippen molar-refractivity contribution >= 4 is 17.3 Å². The summed E-state index contributed by atoms with van der Waals surface area (Å²) in [5.74, 6) is 0. The summed E-state index contributed by atoms with van der Waals surface area (Å²) in [4.78, 5) is 0. The first-order valence-corrected chi connectivity index (χ1v) is 5.81. The van der Waals surface area contributed by atoms with Crippen molar-refractivity contribution in [2.45, 2.75) is 12.5 Å². The van der Waals surface area contributed by atoms with Crippen LogP contribution in [0.15, 0.2) is 48.5 Å². The Morgan fingerprint density at radius 2 is 1.81 bits per heavy atom. The van der Waals surface area contributed by atoms with E-state index in [2.05, 4.69) is 35.6 Å². The molecule has 0 radical (unpaired) electrons. The number of anilines is 1. The fourth-order valence-electron chi connectivity index (χ4n) is 2.23. The summed E-state index contributed by atoms with van der Waals surface area (Å²) in [6.07, 6.45) is 1.01. The number of hydrogen-bond donors (Lipinski definition) is 1. The first kappa shape index (κ1) is 9.73. The zero-order chi connectivity index (χ0) is 11.0. The number of rotatable bonds is 1. The lowest BCUT2D eigenvalue weighted by Gasteiger charge is -2.11. The molecular formula is C14H12ClN. The van der Waals surface area contributed by atoms with Gasteiger partial charge in [-0.3, -0.25) is 0 Å². The number of halogens is 1. The summed E-state index contributed by atoms with van der Waals surface area (Å²) in [5, 5.41) is 4.30. The molecule has 1 nitrogen and oxygen atoms in total. The van der Waals surface area contributed by atoms with Gasteiger partial charge in [0.25, 0.3) is 0 Å². The molecule has 1 aliphatic rings. The Kier molecular flexibility index (Phi) is 2.33. The summed E-state index contributed by atoms with van der Waals surface area (Å²) < 4.78 is 0. The third-order valence-corrected chi connectivity index (χ3v) is 3.36. The van der Waals surface area contributed by atoms with Gasteiger partial charge in [-0.1, -0.05) is 54.1 Å². The first-order chi connectivity index (χ1) is 7.84. The first-order valence-electron chi connectivity index (χ1n) is 5.43. The molecule has 80 valence electrons. The minimum Gasteiger partial charge on any atom is -0.376 e. The summed E-state index contributed by atoms with van der Waals surface area (Å²) in [6, 6.07) is 16.9. The molecule has 0 bridgehead atoms. The van der Waals surface area contributed by atoms with Gasteiger partial charge in [0.15, 0.2) is 0 Å². The van der Waals surface area contributed by atoms with E-state index in [1.165, 1.54) is 11.1 Å². The van der Waals surface area contributed by atoms with Crippen molar-refractivity contribution < 1.29 is 0 Å². The topological polar surface area (TPSA) is 12.0 Å². The molecule has 0 saturated heterocycles. The van der Waals surface area contributed by atoms with Gasteiger partial charge in [0.1, 0.15) is 0 Å². The second-order valence-electron chi connectivity index (χ2n) is 4.09. The highest BCUT2D eigenvalue weighted by Crippen LogP contribution is 2.38. The smallest absolute Gasteiger partial charge is 0.0640 e. The molecule has 0 spiro atoms. The molecule has 16 heavy (non-hydrogen) atoms. The van der Waals surface area contributed by atoms with Crippen LogP contribution in [0, 0.1) is 0 Å². The summed E-state index contributed by atoms with van der Waals surface area (Å²) >= 11 is 6.16. The maximum absolute atomic E-state index is 6.16. The molecular weight excluding hydrogens is 218 g/mol. The second kappa shape index (κ2) is 3.84. The molecule has 1 N–H and O–H groups in total. The van der Waals surface area contributed by atoms with Crippen LogP contribution in [-0.4, -0.2) is 0 Å². The fraction of sp³-hybridized carbons (Fsp3) is 0.143. The Labute approximate surface area is 100 Å². The lowest BCUT2D eigenvalue weighted by Crippen LogP contribution is -2.05. The van der Waals surface area contributed by atoms with Crippen molar-refractivity contribution in [3.8, 4) is 0 Å². The average Bonchev–Trinajstić information content (AvgIpc) is 2.76. The van der Waals surface area contributed by atoms with E-state index in [4.69, 9.17) is 11.6 Å². The van der Waals surface area contributed by atoms with Crippen LogP contribution in [0.3, 0.4) is 0 Å². The third kappa shape index (κ3) is 1.57. The fourth-order valence-corrected chi connectivity index (χ4v) is 2.48. The molecule has 0 fully saturated rings. The molecule has 0 amide bonds. The van der Waals surface area contributed by atoms with Crippen LogP contribution in [0.2, 0.25) is 5.02 Å². The van der Waals surface area contributed by atoms with Crippen molar-refractivity contribution in [1.29, 1.82) is 0 Å². The van der Waals surface area contributed by atoms with Gasteiger partial charge in [0, 0.05) is 0 Å². The van der Waals surface area contributed by atoms with E-state index in [-0.39, 0.29) is 0 Å². The Morgan fingerprint density at radius 3 is 2.56 bits per heavy atom. The van der Waals surface area contributed by atoms with E-state index in [1.807, 2.05) is 18.2 Å². The van der Waals surface area contributed by atoms with Crippen molar-refractivity contribution in [2.75, 3.05) is 5.32 Å². The third-order valence-electron chi connectivity index (χ3n) is 3.04. The minimum absolute atomic E-state index is 0.357. The van der Waals surface area contributed by atoms with Crippen LogP contribution in [0.5, 0.6) is 0 Å². The quantitative estimate of drug-likeness (QED) is 0.778. The van der Waals surface area contributed by atoms with E-state index >= 15 is 0 Å². The lowest BCUT2D eigenvalue weighted by molar-refractivity contribution is 0.824. The monoisotopic (exact) mass is 229 g/mol. The minimum atomic E-state index is 0.357. The highest BCUT2D eigenvalue weighted by atomic mass is 35.5. The Bertz CT molecular complexity index is 507. The Hall–Kier alpha value is -1.47. The summed E-state index contributed by atoms with van der Waals surface area (Å²) in [7, 11) is 0. The van der Waals surface area contributed by atoms with Crippen LogP contribution >= 0.6 is 11.6 Å². The highest BCUT2D eigenvalue weighted by molar-refractivity contribution is 6.33. The number of benzene rings is 2. The zero-order valence-corrected chi connectivity index (χ0v) is 9.54. The lowest BCUT2D eigenvalue weighted by atomic mass is 10.0. The van der Waals surface area contributed by atoms with Crippen molar-refractivity contribution in [2.24, 2.45) is 0 Å². The molecule has 1 unspecified atom stereocenters. The van der Waals surface area contributed by atoms with Gasteiger partial charge in [0.05, 0.1) is 16.8 Å². The van der Waals surface area contributed by atoms with Crippen LogP contribution in [0.1, 0.15) is 17.2 Å². The summed E-state index contributed by atoms with van der Waals surface area (Å²) in [6.45, 7) is 0. The van der Waals surface area contributed by atoms with Gasteiger partial charge >= 0.3 is 0 Å². The van der Waals surface area contributed by atoms with Crippen molar-refractivity contribution in [3.63, 3.8) is 0 Å². The molecule has 1 heterocycles. The number of fused-ring (bicyclic) bond motifs is 1. The molecule has 2 heteroatoms. The van der Waals surface area contributed by atoms with Crippen LogP contribution in [0.25, 0.3) is 0 Å². The maximum Gasteiger partial charge on any atom is 0.0640 e. The SMILES string of the molecule is Clc1cccc2c1NC(c1ccccc1)C2. The van der Waals surface area contributed by atoms with E-state index in [0.29, 0.717) is 6.04 Å². The normalized spacial score (nSPS) is 17.9. The number of hydrogen-bond acceptors (Lipinski definition) is 1. The average molecular weight is 230 g/mol. The van der Waals surface area contributed by atoms with Gasteiger partial charge in [-0.05, 0) is 23.6 Å². The van der Waals surface area contributed by atoms with Crippen LogP contribution in [0.4, 0.5) is 5.69 Å². The second-order valence-corrected chi connectivity index (χ2v) is 4.49. The standard InChI is InChI=1S/C14H12ClN/c15-12-8-4-7-11-9-13(16-14(11)12)10-5-2-1-3-6-10/h1-8,13,16H,9H2. The van der Waals surface area contributed by atoms with E-state index < -0.39 is 0 Å². The molecule has 0 saturated carbocycles. The van der Waals surface area contributed by atoms with Gasteiger partial charge in [-0.25, -0.2) is 0 Å². The molecule has 3 rings (SSSR count). The predicted octanol–water partition coefficient (Wildman–Crippen LogP) is 4.05. The zero-order valence-electron chi connectivity index (χ0n) is 8.78. The van der Waals surface area contributed by atoms with Gasteiger partial charge in [-0.2, -0.15) is 0 Å². The number of para-hydroxylation sites is 1. The highest BCUT2D eigenvalue weighted by Gasteiger charge is 2.23. The van der Waals surface area contributed by atoms with E-state index in [9.17, 15) is 0 Å². The van der Waals surface area contributed by atoms with E-state index in [0.717, 1.165) is 17.1 Å². The van der Waals surface area contributed by atoms with Crippen LogP contribution in [-0.2, 0) is 6.42 Å².